The number of Topliss-reactive ketones (excluding diaryl/α,β-unsaturated/α-hetero) is 1. The van der Waals surface area contributed by atoms with Gasteiger partial charge >= 0.3 is 6.09 Å². The zero-order valence-corrected chi connectivity index (χ0v) is 19.6. The van der Waals surface area contributed by atoms with E-state index in [1.54, 1.807) is 4.90 Å². The maximum absolute atomic E-state index is 12.9. The highest BCUT2D eigenvalue weighted by molar-refractivity contribution is 6.48. The van der Waals surface area contributed by atoms with Crippen LogP contribution in [0.1, 0.15) is 33.6 Å². The SMILES string of the molecule is C=CCOC(=O)N1CC[C@@H](C(=O)C[C@H]2NC(=O)[C@H]2[C@@H](CO[SiH](C)C)C(C)(C)C)C1. The third kappa shape index (κ3) is 6.15. The van der Waals surface area contributed by atoms with Crippen molar-refractivity contribution in [2.24, 2.45) is 23.2 Å². The van der Waals surface area contributed by atoms with Crippen molar-refractivity contribution in [3.63, 3.8) is 0 Å². The summed E-state index contributed by atoms with van der Waals surface area (Å²) in [7, 11) is -1.19. The second-order valence-corrected chi connectivity index (χ2v) is 11.9. The van der Waals surface area contributed by atoms with Crippen LogP contribution in [-0.4, -0.2) is 64.1 Å². The van der Waals surface area contributed by atoms with E-state index < -0.39 is 15.1 Å². The highest BCUT2D eigenvalue weighted by atomic mass is 28.3. The Balaban J connectivity index is 1.95. The van der Waals surface area contributed by atoms with E-state index >= 15 is 0 Å². The first-order valence-corrected chi connectivity index (χ1v) is 13.3. The van der Waals surface area contributed by atoms with E-state index in [1.165, 1.54) is 6.08 Å². The summed E-state index contributed by atoms with van der Waals surface area (Å²) in [6.07, 6.45) is 2.06. The van der Waals surface area contributed by atoms with Crippen LogP contribution in [-0.2, 0) is 18.8 Å². The Labute approximate surface area is 175 Å². The van der Waals surface area contributed by atoms with Gasteiger partial charge in [-0.15, -0.1) is 0 Å². The van der Waals surface area contributed by atoms with Crippen molar-refractivity contribution in [2.45, 2.75) is 52.7 Å². The molecule has 2 amide bonds. The molecule has 164 valence electrons. The molecule has 7 nitrogen and oxygen atoms in total. The number of hydrogen-bond donors (Lipinski definition) is 1. The van der Waals surface area contributed by atoms with Crippen LogP contribution >= 0.6 is 0 Å². The minimum absolute atomic E-state index is 0.0119. The molecule has 0 aromatic heterocycles. The van der Waals surface area contributed by atoms with Crippen LogP contribution in [0, 0.1) is 23.2 Å². The molecule has 2 fully saturated rings. The maximum Gasteiger partial charge on any atom is 0.410 e. The Bertz CT molecular complexity index is 631. The van der Waals surface area contributed by atoms with Gasteiger partial charge in [0.15, 0.2) is 9.04 Å². The second kappa shape index (κ2) is 9.89. The average molecular weight is 425 g/mol. The fourth-order valence-electron chi connectivity index (χ4n) is 4.08. The summed E-state index contributed by atoms with van der Waals surface area (Å²) in [5, 5.41) is 2.93. The van der Waals surface area contributed by atoms with Gasteiger partial charge in [0.1, 0.15) is 12.4 Å². The fraction of sp³-hybridized carbons (Fsp3) is 0.762. The van der Waals surface area contributed by atoms with Crippen molar-refractivity contribution in [3.8, 4) is 0 Å². The molecule has 0 bridgehead atoms. The molecule has 2 aliphatic heterocycles. The second-order valence-electron chi connectivity index (χ2n) is 9.46. The number of nitrogens with zero attached hydrogens (tertiary/aromatic N) is 1. The van der Waals surface area contributed by atoms with Crippen LogP contribution in [0.3, 0.4) is 0 Å². The minimum Gasteiger partial charge on any atom is -0.445 e. The van der Waals surface area contributed by atoms with Gasteiger partial charge in [0.05, 0.1) is 5.92 Å². The minimum atomic E-state index is -1.19. The number of amides is 2. The van der Waals surface area contributed by atoms with Gasteiger partial charge in [-0.3, -0.25) is 9.59 Å². The molecule has 0 aromatic carbocycles. The smallest absolute Gasteiger partial charge is 0.410 e. The quantitative estimate of drug-likeness (QED) is 0.349. The summed E-state index contributed by atoms with van der Waals surface area (Å²) in [4.78, 5) is 38.8. The summed E-state index contributed by atoms with van der Waals surface area (Å²) >= 11 is 0. The van der Waals surface area contributed by atoms with Crippen molar-refractivity contribution < 1.29 is 23.5 Å². The molecule has 2 saturated heterocycles. The van der Waals surface area contributed by atoms with E-state index in [-0.39, 0.29) is 47.5 Å². The van der Waals surface area contributed by atoms with Gasteiger partial charge in [-0.05, 0) is 30.8 Å². The number of carbonyl (C=O) groups is 3. The van der Waals surface area contributed by atoms with Crippen LogP contribution in [0.2, 0.25) is 13.1 Å². The van der Waals surface area contributed by atoms with E-state index in [0.717, 1.165) is 0 Å². The third-order valence-corrected chi connectivity index (χ3v) is 6.73. The molecule has 0 saturated carbocycles. The van der Waals surface area contributed by atoms with Gasteiger partial charge in [0.25, 0.3) is 0 Å². The summed E-state index contributed by atoms with van der Waals surface area (Å²) in [6.45, 7) is 15.8. The lowest BCUT2D eigenvalue weighted by Gasteiger charge is -2.46. The molecular formula is C21H36N2O5Si. The average Bonchev–Trinajstić information content (AvgIpc) is 3.11. The molecule has 0 aliphatic carbocycles. The maximum atomic E-state index is 12.9. The number of hydrogen-bond acceptors (Lipinski definition) is 5. The summed E-state index contributed by atoms with van der Waals surface area (Å²) in [5.74, 6) is -0.222. The van der Waals surface area contributed by atoms with Crippen molar-refractivity contribution >= 4 is 26.8 Å². The van der Waals surface area contributed by atoms with Crippen molar-refractivity contribution in [2.75, 3.05) is 26.3 Å². The zero-order chi connectivity index (χ0) is 21.8. The number of nitrogens with one attached hydrogen (secondary N) is 1. The van der Waals surface area contributed by atoms with Crippen LogP contribution in [0.25, 0.3) is 0 Å². The molecule has 2 rings (SSSR count). The molecule has 4 atom stereocenters. The molecule has 0 aromatic rings. The van der Waals surface area contributed by atoms with E-state index in [9.17, 15) is 14.4 Å². The topological polar surface area (TPSA) is 84.9 Å². The van der Waals surface area contributed by atoms with Crippen LogP contribution in [0.5, 0.6) is 0 Å². The predicted molar refractivity (Wildman–Crippen MR) is 114 cm³/mol. The van der Waals surface area contributed by atoms with Crippen molar-refractivity contribution in [3.05, 3.63) is 12.7 Å². The van der Waals surface area contributed by atoms with Crippen molar-refractivity contribution in [1.29, 1.82) is 0 Å². The Hall–Kier alpha value is -1.67. The first kappa shape index (κ1) is 23.6. The highest BCUT2D eigenvalue weighted by Gasteiger charge is 2.49. The standard InChI is InChI=1S/C21H36N2O5Si/c1-7-10-27-20(26)23-9-8-14(12-23)17(24)11-16-18(19(25)22-16)15(21(2,3)4)13-28-29(5)6/h7,14-16,18,29H,1,8-13H2,2-6H3,(H,22,25)/t14-,15-,16-,18+/m1/s1. The highest BCUT2D eigenvalue weighted by Crippen LogP contribution is 2.39. The lowest BCUT2D eigenvalue weighted by atomic mass is 9.66. The summed E-state index contributed by atoms with van der Waals surface area (Å²) in [5.41, 5.74) is -0.0912. The van der Waals surface area contributed by atoms with E-state index in [4.69, 9.17) is 9.16 Å². The number of β-lactam (4-membered cyclic amide) rings is 1. The first-order chi connectivity index (χ1) is 13.5. The summed E-state index contributed by atoms with van der Waals surface area (Å²) < 4.78 is 11.0. The molecule has 0 spiro atoms. The van der Waals surface area contributed by atoms with Crippen molar-refractivity contribution in [1.82, 2.24) is 10.2 Å². The Morgan fingerprint density at radius 3 is 2.62 bits per heavy atom. The molecule has 0 radical (unpaired) electrons. The molecule has 8 heteroatoms. The van der Waals surface area contributed by atoms with Gasteiger partial charge in [-0.25, -0.2) is 4.79 Å². The third-order valence-electron chi connectivity index (χ3n) is 5.87. The normalized spacial score (nSPS) is 25.4. The first-order valence-electron chi connectivity index (χ1n) is 10.5. The predicted octanol–water partition coefficient (Wildman–Crippen LogP) is 2.37. The van der Waals surface area contributed by atoms with E-state index in [0.29, 0.717) is 32.5 Å². The van der Waals surface area contributed by atoms with Gasteiger partial charge in [-0.2, -0.15) is 0 Å². The van der Waals surface area contributed by atoms with E-state index in [2.05, 4.69) is 45.8 Å². The Morgan fingerprint density at radius 1 is 1.38 bits per heavy atom. The number of ether oxygens (including phenoxy) is 1. The Kier molecular flexibility index (Phi) is 8.05. The molecule has 1 N–H and O–H groups in total. The Morgan fingerprint density at radius 2 is 2.07 bits per heavy atom. The lowest BCUT2D eigenvalue weighted by molar-refractivity contribution is -0.143. The molecule has 2 aliphatic rings. The van der Waals surface area contributed by atoms with Gasteiger partial charge in [0.2, 0.25) is 5.91 Å². The molecule has 2 heterocycles. The molecule has 29 heavy (non-hydrogen) atoms. The monoisotopic (exact) mass is 424 g/mol. The van der Waals surface area contributed by atoms with E-state index in [1.807, 2.05) is 0 Å². The molecular weight excluding hydrogens is 388 g/mol. The van der Waals surface area contributed by atoms with Crippen LogP contribution in [0.4, 0.5) is 4.79 Å². The number of ketones is 1. The number of rotatable bonds is 9. The fourth-order valence-corrected chi connectivity index (χ4v) is 4.67. The van der Waals surface area contributed by atoms with Gasteiger partial charge in [0, 0.05) is 38.1 Å². The zero-order valence-electron chi connectivity index (χ0n) is 18.4. The summed E-state index contributed by atoms with van der Waals surface area (Å²) in [6, 6.07) is -0.154. The van der Waals surface area contributed by atoms with Gasteiger partial charge < -0.3 is 19.4 Å². The lowest BCUT2D eigenvalue weighted by Crippen LogP contribution is -2.64. The molecule has 0 unspecified atom stereocenters. The van der Waals surface area contributed by atoms with Crippen LogP contribution in [0.15, 0.2) is 12.7 Å². The number of carbonyl (C=O) groups excluding carboxylic acids is 3. The number of likely N-dealkylation sites (tertiary alicyclic amines) is 1. The van der Waals surface area contributed by atoms with Crippen LogP contribution < -0.4 is 5.32 Å². The largest absolute Gasteiger partial charge is 0.445 e. The van der Waals surface area contributed by atoms with Gasteiger partial charge in [-0.1, -0.05) is 33.4 Å².